The Labute approximate surface area is 118 Å². The second kappa shape index (κ2) is 8.31. The van der Waals surface area contributed by atoms with Gasteiger partial charge in [0.1, 0.15) is 12.4 Å². The summed E-state index contributed by atoms with van der Waals surface area (Å²) in [7, 11) is 1.95. The zero-order valence-corrected chi connectivity index (χ0v) is 11.7. The summed E-state index contributed by atoms with van der Waals surface area (Å²) in [5.41, 5.74) is 0.428. The molecule has 108 valence electrons. The minimum absolute atomic E-state index is 0.00120. The topological polar surface area (TPSA) is 52.6 Å². The highest BCUT2D eigenvalue weighted by atomic mass is 19.1. The number of aliphatic hydroxyl groups excluding tert-OH is 1. The number of likely N-dealkylation sites (N-methyl/N-ethyl adjacent to an activating group) is 1. The molecule has 4 nitrogen and oxygen atoms in total. The first kappa shape index (κ1) is 16.2. The van der Waals surface area contributed by atoms with Crippen LogP contribution in [0, 0.1) is 17.7 Å². The molecule has 0 aliphatic carbocycles. The van der Waals surface area contributed by atoms with Crippen LogP contribution in [0.1, 0.15) is 22.8 Å². The molecule has 0 unspecified atom stereocenters. The molecule has 0 aromatic heterocycles. The number of benzene rings is 1. The number of aliphatic hydroxyl groups is 1. The molecule has 0 fully saturated rings. The molecule has 1 amide bonds. The SMILES string of the molecule is CCN(C)CCNC(=O)c1ccc(C#CCO)cc1F. The van der Waals surface area contributed by atoms with Crippen LogP contribution in [0.2, 0.25) is 0 Å². The molecule has 0 aliphatic heterocycles. The Bertz CT molecular complexity index is 520. The number of hydrogen-bond donors (Lipinski definition) is 2. The third-order valence-corrected chi connectivity index (χ3v) is 2.84. The summed E-state index contributed by atoms with van der Waals surface area (Å²) in [5.74, 6) is 3.96. The Morgan fingerprint density at radius 3 is 2.85 bits per heavy atom. The minimum atomic E-state index is -0.615. The van der Waals surface area contributed by atoms with Crippen molar-refractivity contribution in [2.75, 3.05) is 33.3 Å². The lowest BCUT2D eigenvalue weighted by atomic mass is 10.1. The molecule has 0 bridgehead atoms. The van der Waals surface area contributed by atoms with E-state index >= 15 is 0 Å². The van der Waals surface area contributed by atoms with Crippen LogP contribution in [-0.4, -0.2) is 49.2 Å². The van der Waals surface area contributed by atoms with Crippen molar-refractivity contribution in [2.45, 2.75) is 6.92 Å². The van der Waals surface area contributed by atoms with Gasteiger partial charge < -0.3 is 15.3 Å². The molecule has 0 atom stereocenters. The van der Waals surface area contributed by atoms with E-state index in [9.17, 15) is 9.18 Å². The highest BCUT2D eigenvalue weighted by Gasteiger charge is 2.11. The van der Waals surface area contributed by atoms with E-state index in [0.29, 0.717) is 18.7 Å². The van der Waals surface area contributed by atoms with E-state index in [0.717, 1.165) is 6.54 Å². The van der Waals surface area contributed by atoms with Gasteiger partial charge in [-0.05, 0) is 31.8 Å². The van der Waals surface area contributed by atoms with Gasteiger partial charge in [-0.15, -0.1) is 0 Å². The Hall–Kier alpha value is -1.90. The van der Waals surface area contributed by atoms with E-state index in [1.54, 1.807) is 6.07 Å². The van der Waals surface area contributed by atoms with Crippen LogP contribution < -0.4 is 5.32 Å². The van der Waals surface area contributed by atoms with Crippen molar-refractivity contribution in [3.05, 3.63) is 35.1 Å². The van der Waals surface area contributed by atoms with Crippen LogP contribution in [0.3, 0.4) is 0 Å². The third kappa shape index (κ3) is 5.00. The number of amides is 1. The Kier molecular flexibility index (Phi) is 6.71. The lowest BCUT2D eigenvalue weighted by molar-refractivity contribution is 0.0946. The first-order valence-corrected chi connectivity index (χ1v) is 6.44. The number of hydrogen-bond acceptors (Lipinski definition) is 3. The largest absolute Gasteiger partial charge is 0.384 e. The zero-order valence-electron chi connectivity index (χ0n) is 11.7. The monoisotopic (exact) mass is 278 g/mol. The predicted octanol–water partition coefficient (Wildman–Crippen LogP) is 0.851. The van der Waals surface area contributed by atoms with Gasteiger partial charge in [0, 0.05) is 18.7 Å². The normalized spacial score (nSPS) is 10.1. The highest BCUT2D eigenvalue weighted by molar-refractivity contribution is 5.94. The molecule has 0 radical (unpaired) electrons. The average molecular weight is 278 g/mol. The van der Waals surface area contributed by atoms with Crippen LogP contribution in [0.15, 0.2) is 18.2 Å². The maximum absolute atomic E-state index is 13.8. The smallest absolute Gasteiger partial charge is 0.254 e. The fraction of sp³-hybridized carbons (Fsp3) is 0.400. The standard InChI is InChI=1S/C15H19FN2O2/c1-3-18(2)9-8-17-15(20)13-7-6-12(5-4-10-19)11-14(13)16/h6-7,11,19H,3,8-10H2,1-2H3,(H,17,20). The summed E-state index contributed by atoms with van der Waals surface area (Å²) in [5, 5.41) is 11.2. The van der Waals surface area contributed by atoms with Crippen molar-refractivity contribution in [3.63, 3.8) is 0 Å². The van der Waals surface area contributed by atoms with Gasteiger partial charge in [0.2, 0.25) is 0 Å². The maximum Gasteiger partial charge on any atom is 0.254 e. The Balaban J connectivity index is 2.64. The molecule has 0 aliphatic rings. The third-order valence-electron chi connectivity index (χ3n) is 2.84. The summed E-state index contributed by atoms with van der Waals surface area (Å²) in [6, 6.07) is 4.14. The van der Waals surface area contributed by atoms with Gasteiger partial charge in [-0.3, -0.25) is 4.79 Å². The number of nitrogens with one attached hydrogen (secondary N) is 1. The van der Waals surface area contributed by atoms with Crippen molar-refractivity contribution >= 4 is 5.91 Å². The zero-order chi connectivity index (χ0) is 15.0. The van der Waals surface area contributed by atoms with Gasteiger partial charge in [0.05, 0.1) is 5.56 Å². The van der Waals surface area contributed by atoms with Crippen molar-refractivity contribution in [3.8, 4) is 11.8 Å². The molecule has 5 heteroatoms. The highest BCUT2D eigenvalue weighted by Crippen LogP contribution is 2.09. The summed E-state index contributed by atoms with van der Waals surface area (Å²) in [6.07, 6.45) is 0. The van der Waals surface area contributed by atoms with Gasteiger partial charge in [-0.25, -0.2) is 4.39 Å². The number of rotatable bonds is 5. The molecule has 1 aromatic rings. The molecular formula is C15H19FN2O2. The van der Waals surface area contributed by atoms with E-state index in [1.165, 1.54) is 12.1 Å². The van der Waals surface area contributed by atoms with Crippen LogP contribution in [0.4, 0.5) is 4.39 Å². The molecule has 1 aromatic carbocycles. The molecule has 2 N–H and O–H groups in total. The second-order valence-corrected chi connectivity index (χ2v) is 4.31. The summed E-state index contributed by atoms with van der Waals surface area (Å²) in [6.45, 7) is 3.81. The van der Waals surface area contributed by atoms with Crippen LogP contribution in [0.25, 0.3) is 0 Å². The number of halogens is 1. The number of carbonyl (C=O) groups is 1. The van der Waals surface area contributed by atoms with E-state index in [-0.39, 0.29) is 12.2 Å². The molecule has 20 heavy (non-hydrogen) atoms. The average Bonchev–Trinajstić information content (AvgIpc) is 2.44. The molecule has 0 heterocycles. The minimum Gasteiger partial charge on any atom is -0.384 e. The fourth-order valence-electron chi connectivity index (χ4n) is 1.53. The Morgan fingerprint density at radius 1 is 1.50 bits per heavy atom. The first-order valence-electron chi connectivity index (χ1n) is 6.44. The predicted molar refractivity (Wildman–Crippen MR) is 75.9 cm³/mol. The summed E-state index contributed by atoms with van der Waals surface area (Å²) < 4.78 is 13.8. The summed E-state index contributed by atoms with van der Waals surface area (Å²) in [4.78, 5) is 13.9. The van der Waals surface area contributed by atoms with Crippen molar-refractivity contribution in [1.29, 1.82) is 0 Å². The van der Waals surface area contributed by atoms with Crippen molar-refractivity contribution in [2.24, 2.45) is 0 Å². The quantitative estimate of drug-likeness (QED) is 0.785. The van der Waals surface area contributed by atoms with E-state index in [2.05, 4.69) is 17.2 Å². The maximum atomic E-state index is 13.8. The van der Waals surface area contributed by atoms with E-state index < -0.39 is 11.7 Å². The first-order chi connectivity index (χ1) is 9.58. The van der Waals surface area contributed by atoms with Gasteiger partial charge in [-0.2, -0.15) is 0 Å². The lowest BCUT2D eigenvalue weighted by Gasteiger charge is -2.14. The lowest BCUT2D eigenvalue weighted by Crippen LogP contribution is -2.33. The van der Waals surface area contributed by atoms with Gasteiger partial charge in [0.25, 0.3) is 5.91 Å². The van der Waals surface area contributed by atoms with Gasteiger partial charge in [0.15, 0.2) is 0 Å². The number of nitrogens with zero attached hydrogens (tertiary/aromatic N) is 1. The molecule has 1 rings (SSSR count). The van der Waals surface area contributed by atoms with Crippen molar-refractivity contribution < 1.29 is 14.3 Å². The van der Waals surface area contributed by atoms with Crippen LogP contribution in [-0.2, 0) is 0 Å². The van der Waals surface area contributed by atoms with Crippen LogP contribution >= 0.6 is 0 Å². The summed E-state index contributed by atoms with van der Waals surface area (Å²) >= 11 is 0. The fourth-order valence-corrected chi connectivity index (χ4v) is 1.53. The van der Waals surface area contributed by atoms with Gasteiger partial charge in [-0.1, -0.05) is 18.8 Å². The molecule has 0 saturated heterocycles. The number of carbonyl (C=O) groups excluding carboxylic acids is 1. The van der Waals surface area contributed by atoms with E-state index in [1.807, 2.05) is 18.9 Å². The Morgan fingerprint density at radius 2 is 2.25 bits per heavy atom. The molecule has 0 spiro atoms. The second-order valence-electron chi connectivity index (χ2n) is 4.31. The van der Waals surface area contributed by atoms with Crippen molar-refractivity contribution in [1.82, 2.24) is 10.2 Å². The van der Waals surface area contributed by atoms with Gasteiger partial charge >= 0.3 is 0 Å². The molecule has 0 saturated carbocycles. The van der Waals surface area contributed by atoms with Crippen LogP contribution in [0.5, 0.6) is 0 Å². The van der Waals surface area contributed by atoms with E-state index in [4.69, 9.17) is 5.11 Å². The molecular weight excluding hydrogens is 259 g/mol.